The van der Waals surface area contributed by atoms with Crippen molar-refractivity contribution in [2.24, 2.45) is 5.41 Å². The minimum absolute atomic E-state index is 0.0896. The van der Waals surface area contributed by atoms with Crippen molar-refractivity contribution >= 4 is 17.5 Å². The van der Waals surface area contributed by atoms with Crippen LogP contribution in [0, 0.1) is 11.2 Å². The highest BCUT2D eigenvalue weighted by atomic mass is 35.5. The monoisotopic (exact) mass is 271 g/mol. The second-order valence-corrected chi connectivity index (χ2v) is 5.40. The van der Waals surface area contributed by atoms with Gasteiger partial charge in [0.25, 0.3) is 0 Å². The van der Waals surface area contributed by atoms with Gasteiger partial charge in [-0.2, -0.15) is 0 Å². The quantitative estimate of drug-likeness (QED) is 0.766. The fourth-order valence-electron chi connectivity index (χ4n) is 1.73. The minimum atomic E-state index is -0.643. The zero-order chi connectivity index (χ0) is 13.9. The van der Waals surface area contributed by atoms with E-state index in [0.717, 1.165) is 0 Å². The Kier molecular flexibility index (Phi) is 4.74. The normalized spacial score (nSPS) is 13.2. The summed E-state index contributed by atoms with van der Waals surface area (Å²) in [6.07, 6.45) is 0. The van der Waals surface area contributed by atoms with Crippen molar-refractivity contribution in [2.45, 2.75) is 26.8 Å². The predicted molar refractivity (Wildman–Crippen MR) is 72.1 cm³/mol. The molecule has 0 bridgehead atoms. The molecule has 1 aromatic rings. The number of benzene rings is 1. The standard InChI is InChI=1S/C14H19ClFNO/c1-10(11-7-5-6-8-12(11)16)17(4)13(18)14(2,3)9-15/h5-8,10H,9H2,1-4H3. The maximum atomic E-state index is 13.7. The van der Waals surface area contributed by atoms with Gasteiger partial charge in [-0.1, -0.05) is 18.2 Å². The average Bonchev–Trinajstić information content (AvgIpc) is 2.36. The zero-order valence-electron chi connectivity index (χ0n) is 11.2. The van der Waals surface area contributed by atoms with Crippen LogP contribution in [0.1, 0.15) is 32.4 Å². The van der Waals surface area contributed by atoms with Crippen molar-refractivity contribution < 1.29 is 9.18 Å². The van der Waals surface area contributed by atoms with E-state index in [2.05, 4.69) is 0 Å². The van der Waals surface area contributed by atoms with Crippen molar-refractivity contribution in [1.82, 2.24) is 4.90 Å². The van der Waals surface area contributed by atoms with E-state index in [1.807, 2.05) is 0 Å². The molecule has 1 aromatic carbocycles. The van der Waals surface area contributed by atoms with E-state index >= 15 is 0 Å². The molecule has 18 heavy (non-hydrogen) atoms. The van der Waals surface area contributed by atoms with Crippen LogP contribution in [0.15, 0.2) is 24.3 Å². The molecule has 0 fully saturated rings. The van der Waals surface area contributed by atoms with E-state index < -0.39 is 5.41 Å². The second-order valence-electron chi connectivity index (χ2n) is 5.13. The Labute approximate surface area is 113 Å². The topological polar surface area (TPSA) is 20.3 Å². The molecule has 0 aliphatic carbocycles. The third-order valence-corrected chi connectivity index (χ3v) is 3.84. The predicted octanol–water partition coefficient (Wildman–Crippen LogP) is 3.61. The Morgan fingerprint density at radius 2 is 2.00 bits per heavy atom. The first-order valence-electron chi connectivity index (χ1n) is 5.89. The van der Waals surface area contributed by atoms with Crippen LogP contribution in [0.25, 0.3) is 0 Å². The Bertz CT molecular complexity index is 434. The smallest absolute Gasteiger partial charge is 0.229 e. The lowest BCUT2D eigenvalue weighted by Crippen LogP contribution is -2.41. The second kappa shape index (κ2) is 5.70. The molecule has 1 unspecified atom stereocenters. The molecule has 0 saturated heterocycles. The third kappa shape index (κ3) is 3.02. The molecular weight excluding hydrogens is 253 g/mol. The summed E-state index contributed by atoms with van der Waals surface area (Å²) in [6.45, 7) is 5.38. The number of carbonyl (C=O) groups is 1. The van der Waals surface area contributed by atoms with Gasteiger partial charge in [-0.15, -0.1) is 11.6 Å². The summed E-state index contributed by atoms with van der Waals surface area (Å²) in [5.41, 5.74) is -0.130. The van der Waals surface area contributed by atoms with Crippen LogP contribution in [0.2, 0.25) is 0 Å². The van der Waals surface area contributed by atoms with Gasteiger partial charge < -0.3 is 4.90 Å². The van der Waals surface area contributed by atoms with Crippen LogP contribution in [0.3, 0.4) is 0 Å². The van der Waals surface area contributed by atoms with Gasteiger partial charge in [-0.3, -0.25) is 4.79 Å². The fourth-order valence-corrected chi connectivity index (χ4v) is 1.85. The maximum absolute atomic E-state index is 13.7. The largest absolute Gasteiger partial charge is 0.338 e. The van der Waals surface area contributed by atoms with Gasteiger partial charge in [0.2, 0.25) is 5.91 Å². The number of nitrogens with zero attached hydrogens (tertiary/aromatic N) is 1. The number of carbonyl (C=O) groups excluding carboxylic acids is 1. The van der Waals surface area contributed by atoms with Crippen molar-refractivity contribution in [2.75, 3.05) is 12.9 Å². The number of hydrogen-bond donors (Lipinski definition) is 0. The van der Waals surface area contributed by atoms with Gasteiger partial charge in [-0.25, -0.2) is 4.39 Å². The lowest BCUT2D eigenvalue weighted by molar-refractivity contribution is -0.139. The van der Waals surface area contributed by atoms with Crippen molar-refractivity contribution in [3.05, 3.63) is 35.6 Å². The summed E-state index contributed by atoms with van der Waals surface area (Å²) < 4.78 is 13.7. The zero-order valence-corrected chi connectivity index (χ0v) is 12.0. The highest BCUT2D eigenvalue weighted by Gasteiger charge is 2.32. The Hall–Kier alpha value is -1.09. The van der Waals surface area contributed by atoms with Gasteiger partial charge in [0.1, 0.15) is 5.82 Å². The van der Waals surface area contributed by atoms with Gasteiger partial charge in [0, 0.05) is 18.5 Å². The van der Waals surface area contributed by atoms with Gasteiger partial charge >= 0.3 is 0 Å². The maximum Gasteiger partial charge on any atom is 0.229 e. The van der Waals surface area contributed by atoms with Crippen LogP contribution in [0.4, 0.5) is 4.39 Å². The third-order valence-electron chi connectivity index (χ3n) is 3.17. The number of hydrogen-bond acceptors (Lipinski definition) is 1. The van der Waals surface area contributed by atoms with Crippen molar-refractivity contribution in [3.8, 4) is 0 Å². The highest BCUT2D eigenvalue weighted by Crippen LogP contribution is 2.27. The Balaban J connectivity index is 2.95. The Morgan fingerprint density at radius 3 is 2.50 bits per heavy atom. The molecule has 0 aliphatic heterocycles. The number of halogens is 2. The summed E-state index contributed by atoms with van der Waals surface area (Å²) in [4.78, 5) is 13.8. The molecule has 1 rings (SSSR count). The first-order valence-corrected chi connectivity index (χ1v) is 6.42. The first kappa shape index (κ1) is 15.0. The van der Waals surface area contributed by atoms with Crippen molar-refractivity contribution in [3.63, 3.8) is 0 Å². The fraction of sp³-hybridized carbons (Fsp3) is 0.500. The summed E-state index contributed by atoms with van der Waals surface area (Å²) in [7, 11) is 1.67. The minimum Gasteiger partial charge on any atom is -0.338 e. The molecule has 1 atom stereocenters. The molecule has 0 radical (unpaired) electrons. The summed E-state index contributed by atoms with van der Waals surface area (Å²) in [6, 6.07) is 6.17. The lowest BCUT2D eigenvalue weighted by atomic mass is 9.93. The molecule has 0 spiro atoms. The van der Waals surface area contributed by atoms with Gasteiger partial charge in [0.15, 0.2) is 0 Å². The number of amides is 1. The van der Waals surface area contributed by atoms with E-state index in [0.29, 0.717) is 5.56 Å². The molecule has 0 aliphatic rings. The highest BCUT2D eigenvalue weighted by molar-refractivity contribution is 6.19. The summed E-state index contributed by atoms with van der Waals surface area (Å²) in [5.74, 6) is -0.151. The number of rotatable bonds is 4. The van der Waals surface area contributed by atoms with Crippen LogP contribution in [-0.4, -0.2) is 23.7 Å². The summed E-state index contributed by atoms with van der Waals surface area (Å²) in [5, 5.41) is 0. The van der Waals surface area contributed by atoms with E-state index in [1.54, 1.807) is 50.9 Å². The van der Waals surface area contributed by atoms with Crippen LogP contribution >= 0.6 is 11.6 Å². The first-order chi connectivity index (χ1) is 8.31. The molecule has 0 aromatic heterocycles. The van der Waals surface area contributed by atoms with Crippen LogP contribution in [-0.2, 0) is 4.79 Å². The van der Waals surface area contributed by atoms with E-state index in [9.17, 15) is 9.18 Å². The van der Waals surface area contributed by atoms with Gasteiger partial charge in [0.05, 0.1) is 11.5 Å². The molecule has 1 amide bonds. The van der Waals surface area contributed by atoms with Crippen molar-refractivity contribution in [1.29, 1.82) is 0 Å². The SMILES string of the molecule is CC(c1ccccc1F)N(C)C(=O)C(C)(C)CCl. The summed E-state index contributed by atoms with van der Waals surface area (Å²) >= 11 is 5.79. The molecular formula is C14H19ClFNO. The van der Waals surface area contributed by atoms with Crippen LogP contribution < -0.4 is 0 Å². The van der Waals surface area contributed by atoms with Gasteiger partial charge in [-0.05, 0) is 26.8 Å². The Morgan fingerprint density at radius 1 is 1.44 bits per heavy atom. The van der Waals surface area contributed by atoms with E-state index in [-0.39, 0.29) is 23.6 Å². The van der Waals surface area contributed by atoms with E-state index in [4.69, 9.17) is 11.6 Å². The molecule has 2 nitrogen and oxygen atoms in total. The molecule has 4 heteroatoms. The van der Waals surface area contributed by atoms with Crippen LogP contribution in [0.5, 0.6) is 0 Å². The average molecular weight is 272 g/mol. The number of alkyl halides is 1. The molecule has 0 saturated carbocycles. The molecule has 100 valence electrons. The molecule has 0 N–H and O–H groups in total. The van der Waals surface area contributed by atoms with E-state index in [1.165, 1.54) is 6.07 Å². The lowest BCUT2D eigenvalue weighted by Gasteiger charge is -2.32. The molecule has 0 heterocycles.